The van der Waals surface area contributed by atoms with Crippen molar-refractivity contribution in [3.05, 3.63) is 0 Å². The number of esters is 1. The third-order valence-electron chi connectivity index (χ3n) is 3.20. The van der Waals surface area contributed by atoms with E-state index >= 15 is 0 Å². The van der Waals surface area contributed by atoms with E-state index in [1.165, 1.54) is 0 Å². The van der Waals surface area contributed by atoms with Gasteiger partial charge in [0.2, 0.25) is 0 Å². The first kappa shape index (κ1) is 9.69. The van der Waals surface area contributed by atoms with Gasteiger partial charge in [0.05, 0.1) is 0 Å². The highest BCUT2D eigenvalue weighted by Gasteiger charge is 2.44. The second-order valence-electron chi connectivity index (χ2n) is 4.33. The zero-order chi connectivity index (χ0) is 9.97. The van der Waals surface area contributed by atoms with Gasteiger partial charge in [-0.3, -0.25) is 4.79 Å². The third kappa shape index (κ3) is 2.14. The minimum atomic E-state index is -0.0775. The molecule has 1 aliphatic carbocycles. The second-order valence-corrected chi connectivity index (χ2v) is 4.33. The van der Waals surface area contributed by atoms with Crippen LogP contribution < -0.4 is 0 Å². The van der Waals surface area contributed by atoms with Crippen molar-refractivity contribution in [2.75, 3.05) is 0 Å². The lowest BCUT2D eigenvalue weighted by Gasteiger charge is -2.20. The first-order valence-corrected chi connectivity index (χ1v) is 5.46. The summed E-state index contributed by atoms with van der Waals surface area (Å²) in [5, 5.41) is 0. The average molecular weight is 196 g/mol. The molecule has 0 radical (unpaired) electrons. The Kier molecular flexibility index (Phi) is 2.85. The third-order valence-corrected chi connectivity index (χ3v) is 3.20. The van der Waals surface area contributed by atoms with Gasteiger partial charge in [-0.05, 0) is 25.7 Å². The topological polar surface area (TPSA) is 43.4 Å². The molecule has 0 aromatic rings. The van der Waals surface area contributed by atoms with Crippen LogP contribution in [0.25, 0.3) is 0 Å². The van der Waals surface area contributed by atoms with Gasteiger partial charge in [-0.15, -0.1) is 0 Å². The van der Waals surface area contributed by atoms with Crippen LogP contribution in [-0.2, 0) is 14.3 Å². The van der Waals surface area contributed by atoms with Crippen LogP contribution in [0.4, 0.5) is 0 Å². The second kappa shape index (κ2) is 4.11. The van der Waals surface area contributed by atoms with Crippen LogP contribution in [0, 0.1) is 11.8 Å². The molecule has 1 saturated carbocycles. The summed E-state index contributed by atoms with van der Waals surface area (Å²) in [7, 11) is 0. The van der Waals surface area contributed by atoms with Crippen molar-refractivity contribution in [3.8, 4) is 0 Å². The van der Waals surface area contributed by atoms with E-state index in [1.54, 1.807) is 0 Å². The Morgan fingerprint density at radius 1 is 1.29 bits per heavy atom. The number of ether oxygens (including phenoxy) is 1. The summed E-state index contributed by atoms with van der Waals surface area (Å²) in [5.74, 6) is 0.410. The Labute approximate surface area is 83.8 Å². The quantitative estimate of drug-likeness (QED) is 0.498. The molecule has 2 rings (SSSR count). The van der Waals surface area contributed by atoms with Crippen LogP contribution in [0.5, 0.6) is 0 Å². The Morgan fingerprint density at radius 2 is 2.14 bits per heavy atom. The summed E-state index contributed by atoms with van der Waals surface area (Å²) >= 11 is 0. The highest BCUT2D eigenvalue weighted by Crippen LogP contribution is 2.42. The summed E-state index contributed by atoms with van der Waals surface area (Å²) in [6, 6.07) is 0. The molecule has 78 valence electrons. The van der Waals surface area contributed by atoms with E-state index in [0.717, 1.165) is 38.4 Å². The van der Waals surface area contributed by atoms with Crippen LogP contribution in [0.3, 0.4) is 0 Å². The first-order chi connectivity index (χ1) is 6.81. The molecular weight excluding hydrogens is 180 g/mol. The Morgan fingerprint density at radius 3 is 2.86 bits per heavy atom. The smallest absolute Gasteiger partial charge is 0.306 e. The molecule has 0 unspecified atom stereocenters. The van der Waals surface area contributed by atoms with Gasteiger partial charge < -0.3 is 9.53 Å². The van der Waals surface area contributed by atoms with E-state index in [0.29, 0.717) is 12.3 Å². The predicted molar refractivity (Wildman–Crippen MR) is 50.6 cm³/mol. The minimum Gasteiger partial charge on any atom is -0.462 e. The number of rotatable bonds is 2. The molecule has 0 spiro atoms. The molecular formula is C11H16O3. The molecule has 2 aliphatic rings. The average Bonchev–Trinajstić information content (AvgIpc) is 2.90. The summed E-state index contributed by atoms with van der Waals surface area (Å²) < 4.78 is 5.35. The SMILES string of the molecule is O=C[C@@H]1C[C@H]1[C@H]1CCCCCC(=O)O1. The fraction of sp³-hybridized carbons (Fsp3) is 0.818. The molecule has 2 fully saturated rings. The molecule has 0 bridgehead atoms. The van der Waals surface area contributed by atoms with E-state index in [2.05, 4.69) is 0 Å². The van der Waals surface area contributed by atoms with Crippen molar-refractivity contribution in [2.24, 2.45) is 11.8 Å². The lowest BCUT2D eigenvalue weighted by atomic mass is 10.0. The molecule has 14 heavy (non-hydrogen) atoms. The van der Waals surface area contributed by atoms with E-state index in [1.807, 2.05) is 0 Å². The monoisotopic (exact) mass is 196 g/mol. The number of cyclic esters (lactones) is 1. The summed E-state index contributed by atoms with van der Waals surface area (Å²) in [6.45, 7) is 0. The van der Waals surface area contributed by atoms with Gasteiger partial charge in [0.1, 0.15) is 12.4 Å². The van der Waals surface area contributed by atoms with E-state index in [9.17, 15) is 9.59 Å². The summed E-state index contributed by atoms with van der Waals surface area (Å²) in [6.07, 6.45) is 6.63. The van der Waals surface area contributed by atoms with Gasteiger partial charge in [-0.2, -0.15) is 0 Å². The first-order valence-electron chi connectivity index (χ1n) is 5.46. The molecule has 3 heteroatoms. The molecule has 0 N–H and O–H groups in total. The van der Waals surface area contributed by atoms with Crippen molar-refractivity contribution in [1.29, 1.82) is 0 Å². The highest BCUT2D eigenvalue weighted by molar-refractivity contribution is 5.69. The lowest BCUT2D eigenvalue weighted by Crippen LogP contribution is -2.23. The van der Waals surface area contributed by atoms with Crippen molar-refractivity contribution in [2.45, 2.75) is 44.6 Å². The van der Waals surface area contributed by atoms with Gasteiger partial charge in [0, 0.05) is 18.3 Å². The number of hydrogen-bond acceptors (Lipinski definition) is 3. The standard InChI is InChI=1S/C11H16O3/c12-7-8-6-9(8)10-4-2-1-3-5-11(13)14-10/h7-10H,1-6H2/t8-,9+,10+/m0/s1. The van der Waals surface area contributed by atoms with E-state index in [4.69, 9.17) is 4.74 Å². The van der Waals surface area contributed by atoms with Crippen molar-refractivity contribution in [1.82, 2.24) is 0 Å². The minimum absolute atomic E-state index is 0.0259. The van der Waals surface area contributed by atoms with E-state index < -0.39 is 0 Å². The molecule has 1 saturated heterocycles. The van der Waals surface area contributed by atoms with Crippen LogP contribution in [-0.4, -0.2) is 18.4 Å². The van der Waals surface area contributed by atoms with Gasteiger partial charge in [0.15, 0.2) is 0 Å². The molecule has 0 aromatic heterocycles. The Hall–Kier alpha value is -0.860. The van der Waals surface area contributed by atoms with Crippen LogP contribution in [0.2, 0.25) is 0 Å². The molecule has 0 aromatic carbocycles. The maximum atomic E-state index is 11.3. The zero-order valence-electron chi connectivity index (χ0n) is 8.28. The number of hydrogen-bond donors (Lipinski definition) is 0. The molecule has 3 nitrogen and oxygen atoms in total. The van der Waals surface area contributed by atoms with Crippen LogP contribution >= 0.6 is 0 Å². The van der Waals surface area contributed by atoms with Gasteiger partial charge >= 0.3 is 5.97 Å². The van der Waals surface area contributed by atoms with Gasteiger partial charge in [-0.1, -0.05) is 6.42 Å². The van der Waals surface area contributed by atoms with Crippen molar-refractivity contribution >= 4 is 12.3 Å². The van der Waals surface area contributed by atoms with Crippen molar-refractivity contribution in [3.63, 3.8) is 0 Å². The Bertz CT molecular complexity index is 237. The fourth-order valence-electron chi connectivity index (χ4n) is 2.20. The van der Waals surface area contributed by atoms with E-state index in [-0.39, 0.29) is 18.0 Å². The number of aldehydes is 1. The fourth-order valence-corrected chi connectivity index (χ4v) is 2.20. The normalized spacial score (nSPS) is 38.0. The zero-order valence-corrected chi connectivity index (χ0v) is 8.28. The summed E-state index contributed by atoms with van der Waals surface area (Å²) in [5.41, 5.74) is 0. The van der Waals surface area contributed by atoms with Crippen molar-refractivity contribution < 1.29 is 14.3 Å². The molecule has 1 heterocycles. The van der Waals surface area contributed by atoms with Crippen LogP contribution in [0.1, 0.15) is 38.5 Å². The summed E-state index contributed by atoms with van der Waals surface area (Å²) in [4.78, 5) is 21.8. The Balaban J connectivity index is 1.89. The molecule has 0 amide bonds. The highest BCUT2D eigenvalue weighted by atomic mass is 16.5. The number of carbonyl (C=O) groups is 2. The predicted octanol–water partition coefficient (Wildman–Crippen LogP) is 1.70. The van der Waals surface area contributed by atoms with Gasteiger partial charge in [-0.25, -0.2) is 0 Å². The lowest BCUT2D eigenvalue weighted by molar-refractivity contribution is -0.152. The largest absolute Gasteiger partial charge is 0.462 e. The number of carbonyl (C=O) groups excluding carboxylic acids is 2. The van der Waals surface area contributed by atoms with Gasteiger partial charge in [0.25, 0.3) is 0 Å². The maximum Gasteiger partial charge on any atom is 0.306 e. The van der Waals surface area contributed by atoms with Crippen LogP contribution in [0.15, 0.2) is 0 Å². The molecule has 1 aliphatic heterocycles. The maximum absolute atomic E-state index is 11.3. The molecule has 3 atom stereocenters.